The predicted molar refractivity (Wildman–Crippen MR) is 142 cm³/mol. The summed E-state index contributed by atoms with van der Waals surface area (Å²) in [6, 6.07) is 17.0. The number of carboxylic acid groups (broad SMARTS) is 1. The van der Waals surface area contributed by atoms with Gasteiger partial charge >= 0.3 is 6.09 Å². The summed E-state index contributed by atoms with van der Waals surface area (Å²) in [5.41, 5.74) is 6.10. The Balaban J connectivity index is 1.44. The van der Waals surface area contributed by atoms with Crippen LogP contribution in [0.4, 0.5) is 22.1 Å². The highest BCUT2D eigenvalue weighted by molar-refractivity contribution is 6.06. The fourth-order valence-electron chi connectivity index (χ4n) is 4.74. The zero-order valence-electron chi connectivity index (χ0n) is 20.6. The van der Waals surface area contributed by atoms with Crippen molar-refractivity contribution in [3.05, 3.63) is 77.5 Å². The van der Waals surface area contributed by atoms with Gasteiger partial charge in [0.1, 0.15) is 0 Å². The van der Waals surface area contributed by atoms with Crippen molar-refractivity contribution in [1.82, 2.24) is 9.97 Å². The number of carbonyl (C=O) groups excluding carboxylic acids is 1. The lowest BCUT2D eigenvalue weighted by molar-refractivity contribution is 0.102. The molecule has 3 aromatic carbocycles. The Morgan fingerprint density at radius 3 is 2.61 bits per heavy atom. The molecule has 2 heterocycles. The molecule has 0 atom stereocenters. The van der Waals surface area contributed by atoms with E-state index in [4.69, 9.17) is 0 Å². The zero-order valence-corrected chi connectivity index (χ0v) is 20.6. The molecule has 0 spiro atoms. The smallest absolute Gasteiger partial charge is 0.411 e. The van der Waals surface area contributed by atoms with E-state index >= 15 is 0 Å². The number of carbonyl (C=O) groups is 2. The van der Waals surface area contributed by atoms with Gasteiger partial charge in [0.05, 0.1) is 11.2 Å². The molecule has 182 valence electrons. The zero-order chi connectivity index (χ0) is 25.6. The minimum Gasteiger partial charge on any atom is -0.465 e. The summed E-state index contributed by atoms with van der Waals surface area (Å²) >= 11 is 0. The third-order valence-electron chi connectivity index (χ3n) is 6.67. The van der Waals surface area contributed by atoms with Gasteiger partial charge in [0.15, 0.2) is 0 Å². The van der Waals surface area contributed by atoms with Crippen LogP contribution in [0.5, 0.6) is 0 Å². The van der Waals surface area contributed by atoms with Crippen molar-refractivity contribution in [2.45, 2.75) is 26.2 Å². The molecule has 1 aliphatic rings. The molecule has 2 amide bonds. The normalized spacial score (nSPS) is 13.9. The van der Waals surface area contributed by atoms with Gasteiger partial charge in [0.25, 0.3) is 5.91 Å². The summed E-state index contributed by atoms with van der Waals surface area (Å²) in [5.74, 6) is 0.296. The first kappa shape index (κ1) is 23.3. The molecule has 0 saturated heterocycles. The monoisotopic (exact) mass is 481 g/mol. The van der Waals surface area contributed by atoms with Gasteiger partial charge in [-0.2, -0.15) is 0 Å². The third-order valence-corrected chi connectivity index (χ3v) is 6.67. The van der Waals surface area contributed by atoms with Crippen LogP contribution in [0.3, 0.4) is 0 Å². The SMILES string of the molecule is CNc1ncc2cc(-c3cc(C(=O)Nc4ccc5c(c4)N(C(=O)O)CC5(C)C)ccc3C)ccc2n1. The van der Waals surface area contributed by atoms with Crippen molar-refractivity contribution in [3.8, 4) is 11.1 Å². The second-order valence-electron chi connectivity index (χ2n) is 9.69. The Labute approximate surface area is 209 Å². The number of hydrogen-bond donors (Lipinski definition) is 3. The number of benzene rings is 3. The Kier molecular flexibility index (Phi) is 5.59. The summed E-state index contributed by atoms with van der Waals surface area (Å²) in [4.78, 5) is 35.0. The molecule has 8 nitrogen and oxygen atoms in total. The molecule has 4 aromatic rings. The van der Waals surface area contributed by atoms with E-state index in [1.165, 1.54) is 4.90 Å². The largest absolute Gasteiger partial charge is 0.465 e. The fourth-order valence-corrected chi connectivity index (χ4v) is 4.74. The highest BCUT2D eigenvalue weighted by Crippen LogP contribution is 2.42. The van der Waals surface area contributed by atoms with Gasteiger partial charge in [-0.25, -0.2) is 14.8 Å². The molecule has 1 aliphatic heterocycles. The van der Waals surface area contributed by atoms with E-state index in [9.17, 15) is 14.7 Å². The van der Waals surface area contributed by atoms with Crippen molar-refractivity contribution in [3.63, 3.8) is 0 Å². The summed E-state index contributed by atoms with van der Waals surface area (Å²) < 4.78 is 0. The maximum absolute atomic E-state index is 13.2. The molecule has 0 unspecified atom stereocenters. The number of aromatic nitrogens is 2. The van der Waals surface area contributed by atoms with Crippen molar-refractivity contribution >= 4 is 40.2 Å². The minimum absolute atomic E-state index is 0.266. The van der Waals surface area contributed by atoms with Crippen LogP contribution in [0.25, 0.3) is 22.0 Å². The molecular formula is C28H27N5O3. The molecule has 0 bridgehead atoms. The number of fused-ring (bicyclic) bond motifs is 2. The van der Waals surface area contributed by atoms with Gasteiger partial charge in [-0.1, -0.05) is 32.0 Å². The molecule has 36 heavy (non-hydrogen) atoms. The van der Waals surface area contributed by atoms with E-state index in [2.05, 4.69) is 20.6 Å². The summed E-state index contributed by atoms with van der Waals surface area (Å²) in [6.45, 7) is 6.41. The molecule has 3 N–H and O–H groups in total. The van der Waals surface area contributed by atoms with Gasteiger partial charge in [-0.3, -0.25) is 9.69 Å². The van der Waals surface area contributed by atoms with Crippen LogP contribution in [0.1, 0.15) is 35.3 Å². The molecule has 8 heteroatoms. The number of rotatable bonds is 4. The van der Waals surface area contributed by atoms with Gasteiger partial charge < -0.3 is 15.7 Å². The van der Waals surface area contributed by atoms with Gasteiger partial charge in [-0.05, 0) is 65.6 Å². The van der Waals surface area contributed by atoms with E-state index in [0.29, 0.717) is 29.4 Å². The maximum Gasteiger partial charge on any atom is 0.411 e. The Morgan fingerprint density at radius 1 is 1.06 bits per heavy atom. The second kappa shape index (κ2) is 8.64. The van der Waals surface area contributed by atoms with E-state index in [1.54, 1.807) is 25.4 Å². The van der Waals surface area contributed by atoms with Crippen LogP contribution in [-0.4, -0.2) is 40.7 Å². The molecular weight excluding hydrogens is 454 g/mol. The standard InChI is InChI=1S/C28H27N5O3/c1-16-5-6-18(12-21(16)17-7-10-23-19(11-17)14-30-26(29-4)32-23)25(34)31-20-8-9-22-24(13-20)33(27(35)36)15-28(22,2)3/h5-14H,15H2,1-4H3,(H,31,34)(H,35,36)(H,29,30,32). The summed E-state index contributed by atoms with van der Waals surface area (Å²) in [5, 5.41) is 16.4. The molecule has 0 saturated carbocycles. The molecule has 0 radical (unpaired) electrons. The lowest BCUT2D eigenvalue weighted by atomic mass is 9.87. The van der Waals surface area contributed by atoms with Crippen LogP contribution >= 0.6 is 0 Å². The number of nitrogens with one attached hydrogen (secondary N) is 2. The quantitative estimate of drug-likeness (QED) is 0.346. The van der Waals surface area contributed by atoms with Gasteiger partial charge in [0, 0.05) is 41.8 Å². The average molecular weight is 482 g/mol. The molecule has 0 aliphatic carbocycles. The highest BCUT2D eigenvalue weighted by atomic mass is 16.4. The van der Waals surface area contributed by atoms with E-state index in [-0.39, 0.29) is 11.3 Å². The molecule has 1 aromatic heterocycles. The van der Waals surface area contributed by atoms with Crippen molar-refractivity contribution in [2.24, 2.45) is 0 Å². The summed E-state index contributed by atoms with van der Waals surface area (Å²) in [6.07, 6.45) is 0.774. The van der Waals surface area contributed by atoms with E-state index in [0.717, 1.165) is 33.2 Å². The van der Waals surface area contributed by atoms with Crippen molar-refractivity contribution in [2.75, 3.05) is 29.1 Å². The second-order valence-corrected chi connectivity index (χ2v) is 9.69. The first-order chi connectivity index (χ1) is 17.2. The molecule has 5 rings (SSSR count). The van der Waals surface area contributed by atoms with Crippen LogP contribution in [0.15, 0.2) is 60.8 Å². The number of amides is 2. The van der Waals surface area contributed by atoms with Gasteiger partial charge in [-0.15, -0.1) is 0 Å². The Bertz CT molecular complexity index is 1530. The summed E-state index contributed by atoms with van der Waals surface area (Å²) in [7, 11) is 1.78. The average Bonchev–Trinajstić information content (AvgIpc) is 3.14. The number of hydrogen-bond acceptors (Lipinski definition) is 5. The molecule has 0 fully saturated rings. The van der Waals surface area contributed by atoms with E-state index < -0.39 is 6.09 Å². The highest BCUT2D eigenvalue weighted by Gasteiger charge is 2.38. The van der Waals surface area contributed by atoms with E-state index in [1.807, 2.05) is 63.2 Å². The number of anilines is 3. The Morgan fingerprint density at radius 2 is 1.86 bits per heavy atom. The van der Waals surface area contributed by atoms with Crippen LogP contribution in [0.2, 0.25) is 0 Å². The maximum atomic E-state index is 13.2. The van der Waals surface area contributed by atoms with Crippen molar-refractivity contribution in [1.29, 1.82) is 0 Å². The number of aryl methyl sites for hydroxylation is 1. The minimum atomic E-state index is -1.00. The first-order valence-corrected chi connectivity index (χ1v) is 11.7. The van der Waals surface area contributed by atoms with Crippen LogP contribution < -0.4 is 15.5 Å². The topological polar surface area (TPSA) is 107 Å². The van der Waals surface area contributed by atoms with Gasteiger partial charge in [0.2, 0.25) is 5.95 Å². The van der Waals surface area contributed by atoms with Crippen LogP contribution in [0, 0.1) is 6.92 Å². The van der Waals surface area contributed by atoms with Crippen LogP contribution in [-0.2, 0) is 5.41 Å². The lowest BCUT2D eigenvalue weighted by Gasteiger charge is -2.18. The first-order valence-electron chi connectivity index (χ1n) is 11.7. The fraction of sp³-hybridized carbons (Fsp3) is 0.214. The third kappa shape index (κ3) is 4.11. The predicted octanol–water partition coefficient (Wildman–Crippen LogP) is 5.67. The Hall–Kier alpha value is -4.46. The van der Waals surface area contributed by atoms with Crippen molar-refractivity contribution < 1.29 is 14.7 Å². The number of nitrogens with zero attached hydrogens (tertiary/aromatic N) is 3. The lowest BCUT2D eigenvalue weighted by Crippen LogP contribution is -2.32.